The van der Waals surface area contributed by atoms with Gasteiger partial charge in [-0.1, -0.05) is 0 Å². The number of hydrogen-bond donors (Lipinski definition) is 2. The van der Waals surface area contributed by atoms with Crippen LogP contribution >= 0.6 is 0 Å². The van der Waals surface area contributed by atoms with Crippen molar-refractivity contribution >= 4 is 11.6 Å². The SMILES string of the molecule is O=C(Nc1ccc(C(F)(F)F)cc1)c1cnc[nH]1. The highest BCUT2D eigenvalue weighted by Gasteiger charge is 2.29. The Labute approximate surface area is 99.9 Å². The molecule has 18 heavy (non-hydrogen) atoms. The molecule has 0 spiro atoms. The highest BCUT2D eigenvalue weighted by Crippen LogP contribution is 2.29. The van der Waals surface area contributed by atoms with Gasteiger partial charge in [0.25, 0.3) is 5.91 Å². The molecule has 2 rings (SSSR count). The van der Waals surface area contributed by atoms with Gasteiger partial charge in [0.05, 0.1) is 18.1 Å². The van der Waals surface area contributed by atoms with Crippen LogP contribution in [0.25, 0.3) is 0 Å². The Morgan fingerprint density at radius 3 is 2.39 bits per heavy atom. The van der Waals surface area contributed by atoms with E-state index >= 15 is 0 Å². The van der Waals surface area contributed by atoms with Gasteiger partial charge in [-0.15, -0.1) is 0 Å². The fraction of sp³-hybridized carbons (Fsp3) is 0.0909. The maximum Gasteiger partial charge on any atom is 0.416 e. The average Bonchev–Trinajstić information content (AvgIpc) is 2.82. The summed E-state index contributed by atoms with van der Waals surface area (Å²) in [6.07, 6.45) is -1.73. The van der Waals surface area contributed by atoms with Crippen molar-refractivity contribution in [2.24, 2.45) is 0 Å². The lowest BCUT2D eigenvalue weighted by molar-refractivity contribution is -0.137. The van der Waals surface area contributed by atoms with E-state index in [1.165, 1.54) is 24.7 Å². The zero-order valence-corrected chi connectivity index (χ0v) is 8.95. The Balaban J connectivity index is 2.09. The monoisotopic (exact) mass is 255 g/mol. The molecule has 0 unspecified atom stereocenters. The number of carbonyl (C=O) groups excluding carboxylic acids is 1. The number of nitrogens with one attached hydrogen (secondary N) is 2. The van der Waals surface area contributed by atoms with Crippen LogP contribution in [0.2, 0.25) is 0 Å². The minimum absolute atomic E-state index is 0.231. The second-order valence-electron chi connectivity index (χ2n) is 3.49. The second-order valence-corrected chi connectivity index (χ2v) is 3.49. The van der Waals surface area contributed by atoms with Crippen molar-refractivity contribution in [2.75, 3.05) is 5.32 Å². The molecule has 0 saturated heterocycles. The summed E-state index contributed by atoms with van der Waals surface area (Å²) in [5.41, 5.74) is -0.250. The Morgan fingerprint density at radius 1 is 1.22 bits per heavy atom. The molecule has 0 aliphatic rings. The summed E-state index contributed by atoms with van der Waals surface area (Å²) in [5, 5.41) is 2.45. The predicted octanol–water partition coefficient (Wildman–Crippen LogP) is 2.68. The van der Waals surface area contributed by atoms with Crippen LogP contribution in [-0.4, -0.2) is 15.9 Å². The van der Waals surface area contributed by atoms with Gasteiger partial charge in [0.1, 0.15) is 5.69 Å². The maximum absolute atomic E-state index is 12.3. The molecule has 4 nitrogen and oxygen atoms in total. The number of carbonyl (C=O) groups is 1. The molecule has 7 heteroatoms. The lowest BCUT2D eigenvalue weighted by atomic mass is 10.2. The summed E-state index contributed by atoms with van der Waals surface area (Å²) >= 11 is 0. The number of hydrogen-bond acceptors (Lipinski definition) is 2. The van der Waals surface area contributed by atoms with Crippen molar-refractivity contribution in [3.05, 3.63) is 48.0 Å². The van der Waals surface area contributed by atoms with Gasteiger partial charge in [-0.2, -0.15) is 13.2 Å². The van der Waals surface area contributed by atoms with E-state index in [9.17, 15) is 18.0 Å². The van der Waals surface area contributed by atoms with Gasteiger partial charge in [-0.25, -0.2) is 4.98 Å². The van der Waals surface area contributed by atoms with Gasteiger partial charge in [0.2, 0.25) is 0 Å². The molecule has 0 bridgehead atoms. The van der Waals surface area contributed by atoms with Crippen LogP contribution in [0, 0.1) is 0 Å². The second kappa shape index (κ2) is 4.52. The lowest BCUT2D eigenvalue weighted by Gasteiger charge is -2.08. The first kappa shape index (κ1) is 12.2. The Kier molecular flexibility index (Phi) is 3.05. The number of anilines is 1. The summed E-state index contributed by atoms with van der Waals surface area (Å²) in [5.74, 6) is -0.466. The highest BCUT2D eigenvalue weighted by atomic mass is 19.4. The Bertz CT molecular complexity index is 532. The molecule has 0 aliphatic heterocycles. The minimum atomic E-state index is -4.38. The number of aromatic amines is 1. The molecule has 0 atom stereocenters. The number of amides is 1. The summed E-state index contributed by atoms with van der Waals surface area (Å²) in [7, 11) is 0. The first-order valence-electron chi connectivity index (χ1n) is 4.94. The van der Waals surface area contributed by atoms with E-state index < -0.39 is 17.6 Å². The molecule has 2 aromatic rings. The van der Waals surface area contributed by atoms with Gasteiger partial charge < -0.3 is 10.3 Å². The Hall–Kier alpha value is -2.31. The molecular weight excluding hydrogens is 247 g/mol. The van der Waals surface area contributed by atoms with Crippen molar-refractivity contribution < 1.29 is 18.0 Å². The first-order valence-corrected chi connectivity index (χ1v) is 4.94. The number of imidazole rings is 1. The lowest BCUT2D eigenvalue weighted by Crippen LogP contribution is -2.12. The summed E-state index contributed by atoms with van der Waals surface area (Å²) in [6.45, 7) is 0. The molecule has 1 aromatic carbocycles. The number of H-pyrrole nitrogens is 1. The van der Waals surface area contributed by atoms with Gasteiger partial charge in [-0.3, -0.25) is 4.79 Å². The number of nitrogens with zero attached hydrogens (tertiary/aromatic N) is 1. The van der Waals surface area contributed by atoms with Crippen LogP contribution in [0.3, 0.4) is 0 Å². The standard InChI is InChI=1S/C11H8F3N3O/c12-11(13,14)7-1-3-8(4-2-7)17-10(18)9-5-15-6-16-9/h1-6H,(H,15,16)(H,17,18). The first-order chi connectivity index (χ1) is 8.47. The third-order valence-corrected chi connectivity index (χ3v) is 2.21. The predicted molar refractivity (Wildman–Crippen MR) is 58.0 cm³/mol. The minimum Gasteiger partial charge on any atom is -0.341 e. The molecule has 0 radical (unpaired) electrons. The van der Waals surface area contributed by atoms with Crippen LogP contribution in [0.1, 0.15) is 16.1 Å². The smallest absolute Gasteiger partial charge is 0.341 e. The maximum atomic E-state index is 12.3. The van der Waals surface area contributed by atoms with Crippen LogP contribution in [0.15, 0.2) is 36.8 Å². The van der Waals surface area contributed by atoms with Gasteiger partial charge in [0, 0.05) is 5.69 Å². The molecule has 1 aromatic heterocycles. The quantitative estimate of drug-likeness (QED) is 0.866. The molecule has 0 saturated carbocycles. The van der Waals surface area contributed by atoms with Crippen molar-refractivity contribution in [3.8, 4) is 0 Å². The Morgan fingerprint density at radius 2 is 1.89 bits per heavy atom. The zero-order valence-electron chi connectivity index (χ0n) is 8.95. The van der Waals surface area contributed by atoms with E-state index in [-0.39, 0.29) is 11.4 Å². The average molecular weight is 255 g/mol. The fourth-order valence-electron chi connectivity index (χ4n) is 1.32. The van der Waals surface area contributed by atoms with E-state index in [2.05, 4.69) is 15.3 Å². The van der Waals surface area contributed by atoms with E-state index in [1.807, 2.05) is 0 Å². The number of aromatic nitrogens is 2. The van der Waals surface area contributed by atoms with Crippen LogP contribution in [0.4, 0.5) is 18.9 Å². The summed E-state index contributed by atoms with van der Waals surface area (Å²) in [4.78, 5) is 17.8. The van der Waals surface area contributed by atoms with E-state index in [1.54, 1.807) is 0 Å². The molecular formula is C11H8F3N3O. The van der Waals surface area contributed by atoms with E-state index in [4.69, 9.17) is 0 Å². The van der Waals surface area contributed by atoms with Crippen molar-refractivity contribution in [1.29, 1.82) is 0 Å². The van der Waals surface area contributed by atoms with Gasteiger partial charge >= 0.3 is 6.18 Å². The third-order valence-electron chi connectivity index (χ3n) is 2.21. The van der Waals surface area contributed by atoms with Gasteiger partial charge in [0.15, 0.2) is 0 Å². The van der Waals surface area contributed by atoms with E-state index in [0.717, 1.165) is 12.1 Å². The molecule has 2 N–H and O–H groups in total. The van der Waals surface area contributed by atoms with Crippen LogP contribution in [0.5, 0.6) is 0 Å². The summed E-state index contributed by atoms with van der Waals surface area (Å²) in [6, 6.07) is 4.19. The van der Waals surface area contributed by atoms with Gasteiger partial charge in [-0.05, 0) is 24.3 Å². The normalized spacial score (nSPS) is 11.3. The van der Waals surface area contributed by atoms with Crippen LogP contribution < -0.4 is 5.32 Å². The molecule has 0 fully saturated rings. The fourth-order valence-corrected chi connectivity index (χ4v) is 1.32. The van der Waals surface area contributed by atoms with Crippen LogP contribution in [-0.2, 0) is 6.18 Å². The van der Waals surface area contributed by atoms with Crippen molar-refractivity contribution in [3.63, 3.8) is 0 Å². The largest absolute Gasteiger partial charge is 0.416 e. The van der Waals surface area contributed by atoms with E-state index in [0.29, 0.717) is 0 Å². The molecule has 1 amide bonds. The molecule has 0 aliphatic carbocycles. The topological polar surface area (TPSA) is 57.8 Å². The number of alkyl halides is 3. The summed E-state index contributed by atoms with van der Waals surface area (Å²) < 4.78 is 36.9. The molecule has 1 heterocycles. The zero-order chi connectivity index (χ0) is 13.2. The number of rotatable bonds is 2. The van der Waals surface area contributed by atoms with Crippen molar-refractivity contribution in [1.82, 2.24) is 9.97 Å². The third kappa shape index (κ3) is 2.68. The number of halogens is 3. The van der Waals surface area contributed by atoms with Crippen molar-refractivity contribution in [2.45, 2.75) is 6.18 Å². The number of benzene rings is 1. The highest BCUT2D eigenvalue weighted by molar-refractivity contribution is 6.02. The molecule has 94 valence electrons.